The molecule has 28 heavy (non-hydrogen) atoms. The number of rotatable bonds is 5. The zero-order chi connectivity index (χ0) is 19.9. The molecule has 1 aliphatic rings. The van der Waals surface area contributed by atoms with Crippen molar-refractivity contribution in [1.29, 1.82) is 0 Å². The molecule has 146 valence electrons. The van der Waals surface area contributed by atoms with Crippen LogP contribution in [0, 0.1) is 0 Å². The van der Waals surface area contributed by atoms with Gasteiger partial charge in [-0.3, -0.25) is 4.79 Å². The van der Waals surface area contributed by atoms with E-state index in [-0.39, 0.29) is 23.6 Å². The normalized spacial score (nSPS) is 22.0. The topological polar surface area (TPSA) is 101 Å². The van der Waals surface area contributed by atoms with Gasteiger partial charge in [-0.15, -0.1) is 0 Å². The highest BCUT2D eigenvalue weighted by atomic mass is 32.2. The molecule has 4 rings (SSSR count). The molecule has 7 nitrogen and oxygen atoms in total. The van der Waals surface area contributed by atoms with Crippen LogP contribution in [0.5, 0.6) is 0 Å². The highest BCUT2D eigenvalue weighted by Crippen LogP contribution is 2.39. The minimum absolute atomic E-state index is 0.219. The van der Waals surface area contributed by atoms with Crippen molar-refractivity contribution < 1.29 is 18.3 Å². The molecular formula is C20H21N3O4S. The summed E-state index contributed by atoms with van der Waals surface area (Å²) in [5.41, 5.74) is 1.20. The van der Waals surface area contributed by atoms with E-state index in [2.05, 4.69) is 10.3 Å². The Hall–Kier alpha value is -2.71. The van der Waals surface area contributed by atoms with Crippen LogP contribution in [0.25, 0.3) is 5.65 Å². The Balaban J connectivity index is 1.40. The standard InChI is InChI=1S/C20H21N3O4S/c1-20(25)10-17(11-20)28(26,27)16-5-2-14(3-6-16)12-22-19(24)15-4-7-18-21-8-9-23(18)13-15/h2-9,13,17,25H,10-12H2,1H3,(H,22,24). The van der Waals surface area contributed by atoms with E-state index in [0.29, 0.717) is 12.1 Å². The predicted octanol–water partition coefficient (Wildman–Crippen LogP) is 1.95. The molecule has 2 N–H and O–H groups in total. The van der Waals surface area contributed by atoms with E-state index in [9.17, 15) is 18.3 Å². The number of amides is 1. The Bertz CT molecular complexity index is 1130. The number of fused-ring (bicyclic) bond motifs is 1. The largest absolute Gasteiger partial charge is 0.390 e. The lowest BCUT2D eigenvalue weighted by Crippen LogP contribution is -2.48. The van der Waals surface area contributed by atoms with Crippen molar-refractivity contribution in [3.05, 3.63) is 66.1 Å². The van der Waals surface area contributed by atoms with Crippen LogP contribution in [-0.4, -0.2) is 39.7 Å². The first-order valence-corrected chi connectivity index (χ1v) is 10.6. The fraction of sp³-hybridized carbons (Fsp3) is 0.300. The fourth-order valence-corrected chi connectivity index (χ4v) is 5.53. The molecule has 1 aromatic carbocycles. The number of aromatic nitrogens is 2. The van der Waals surface area contributed by atoms with Crippen molar-refractivity contribution in [3.8, 4) is 0 Å². The summed E-state index contributed by atoms with van der Waals surface area (Å²) in [4.78, 5) is 16.7. The Morgan fingerprint density at radius 2 is 1.96 bits per heavy atom. The van der Waals surface area contributed by atoms with Gasteiger partial charge in [0.2, 0.25) is 0 Å². The minimum atomic E-state index is -3.44. The number of nitrogens with zero attached hydrogens (tertiary/aromatic N) is 2. The molecule has 0 radical (unpaired) electrons. The smallest absolute Gasteiger partial charge is 0.253 e. The van der Waals surface area contributed by atoms with Crippen molar-refractivity contribution >= 4 is 21.4 Å². The third-order valence-corrected chi connectivity index (χ3v) is 7.27. The highest BCUT2D eigenvalue weighted by molar-refractivity contribution is 7.92. The number of benzene rings is 1. The first-order valence-electron chi connectivity index (χ1n) is 9.01. The number of sulfone groups is 1. The number of hydrogen-bond donors (Lipinski definition) is 2. The summed E-state index contributed by atoms with van der Waals surface area (Å²) < 4.78 is 26.9. The molecule has 1 saturated carbocycles. The number of carbonyl (C=O) groups is 1. The Labute approximate surface area is 163 Å². The van der Waals surface area contributed by atoms with Crippen LogP contribution in [0.2, 0.25) is 0 Å². The predicted molar refractivity (Wildman–Crippen MR) is 104 cm³/mol. The summed E-state index contributed by atoms with van der Waals surface area (Å²) in [5.74, 6) is -0.219. The van der Waals surface area contributed by atoms with Crippen molar-refractivity contribution in [1.82, 2.24) is 14.7 Å². The molecule has 0 bridgehead atoms. The van der Waals surface area contributed by atoms with Crippen LogP contribution in [0.15, 0.2) is 59.9 Å². The second-order valence-electron chi connectivity index (χ2n) is 7.51. The lowest BCUT2D eigenvalue weighted by molar-refractivity contribution is -0.0116. The molecule has 0 unspecified atom stereocenters. The van der Waals surface area contributed by atoms with E-state index in [4.69, 9.17) is 0 Å². The molecule has 1 aliphatic carbocycles. The quantitative estimate of drug-likeness (QED) is 0.683. The van der Waals surface area contributed by atoms with E-state index in [1.54, 1.807) is 66.3 Å². The van der Waals surface area contributed by atoms with Gasteiger partial charge in [0.25, 0.3) is 5.91 Å². The SMILES string of the molecule is CC1(O)CC(S(=O)(=O)c2ccc(CNC(=O)c3ccc4nccn4c3)cc2)C1. The van der Waals surface area contributed by atoms with Gasteiger partial charge in [0.15, 0.2) is 9.84 Å². The maximum Gasteiger partial charge on any atom is 0.253 e. The molecule has 2 heterocycles. The summed E-state index contributed by atoms with van der Waals surface area (Å²) in [6.07, 6.45) is 5.66. The zero-order valence-corrected chi connectivity index (χ0v) is 16.2. The third-order valence-electron chi connectivity index (χ3n) is 5.13. The average molecular weight is 399 g/mol. The Kier molecular flexibility index (Phi) is 4.47. The summed E-state index contributed by atoms with van der Waals surface area (Å²) in [5, 5.41) is 12.1. The van der Waals surface area contributed by atoms with Crippen LogP contribution in [0.1, 0.15) is 35.7 Å². The summed E-state index contributed by atoms with van der Waals surface area (Å²) in [6, 6.07) is 9.99. The Morgan fingerprint density at radius 1 is 1.25 bits per heavy atom. The molecule has 0 aliphatic heterocycles. The monoisotopic (exact) mass is 399 g/mol. The van der Waals surface area contributed by atoms with Crippen LogP contribution in [0.3, 0.4) is 0 Å². The number of imidazole rings is 1. The summed E-state index contributed by atoms with van der Waals surface area (Å²) >= 11 is 0. The van der Waals surface area contributed by atoms with E-state index in [1.165, 1.54) is 0 Å². The first-order chi connectivity index (χ1) is 13.2. The molecule has 8 heteroatoms. The van der Waals surface area contributed by atoms with Gasteiger partial charge < -0.3 is 14.8 Å². The molecule has 1 amide bonds. The maximum atomic E-state index is 12.6. The minimum Gasteiger partial charge on any atom is -0.390 e. The lowest BCUT2D eigenvalue weighted by Gasteiger charge is -2.40. The van der Waals surface area contributed by atoms with Gasteiger partial charge in [-0.25, -0.2) is 13.4 Å². The maximum absolute atomic E-state index is 12.6. The van der Waals surface area contributed by atoms with Gasteiger partial charge in [0.1, 0.15) is 5.65 Å². The molecule has 3 aromatic rings. The number of carbonyl (C=O) groups excluding carboxylic acids is 1. The van der Waals surface area contributed by atoms with Gasteiger partial charge in [-0.05, 0) is 49.6 Å². The van der Waals surface area contributed by atoms with E-state index >= 15 is 0 Å². The second kappa shape index (κ2) is 6.72. The van der Waals surface area contributed by atoms with E-state index in [1.807, 2.05) is 0 Å². The number of hydrogen-bond acceptors (Lipinski definition) is 5. The number of aliphatic hydroxyl groups is 1. The molecular weight excluding hydrogens is 378 g/mol. The van der Waals surface area contributed by atoms with Gasteiger partial charge in [-0.1, -0.05) is 12.1 Å². The van der Waals surface area contributed by atoms with E-state index < -0.39 is 20.7 Å². The summed E-state index contributed by atoms with van der Waals surface area (Å²) in [6.45, 7) is 1.94. The van der Waals surface area contributed by atoms with Gasteiger partial charge in [0, 0.05) is 25.1 Å². The Morgan fingerprint density at radius 3 is 2.64 bits per heavy atom. The van der Waals surface area contributed by atoms with Gasteiger partial charge in [0.05, 0.1) is 21.3 Å². The van der Waals surface area contributed by atoms with Crippen molar-refractivity contribution in [2.75, 3.05) is 0 Å². The average Bonchev–Trinajstić information content (AvgIpc) is 3.12. The fourth-order valence-electron chi connectivity index (χ4n) is 3.47. The van der Waals surface area contributed by atoms with Crippen molar-refractivity contribution in [3.63, 3.8) is 0 Å². The zero-order valence-electron chi connectivity index (χ0n) is 15.4. The van der Waals surface area contributed by atoms with Crippen LogP contribution < -0.4 is 5.32 Å². The number of pyridine rings is 1. The van der Waals surface area contributed by atoms with E-state index in [0.717, 1.165) is 11.2 Å². The summed E-state index contributed by atoms with van der Waals surface area (Å²) in [7, 11) is -3.44. The molecule has 1 fully saturated rings. The highest BCUT2D eigenvalue weighted by Gasteiger charge is 2.46. The van der Waals surface area contributed by atoms with Crippen LogP contribution in [0.4, 0.5) is 0 Å². The second-order valence-corrected chi connectivity index (χ2v) is 9.74. The molecule has 2 aromatic heterocycles. The number of nitrogens with one attached hydrogen (secondary N) is 1. The van der Waals surface area contributed by atoms with Gasteiger partial charge in [-0.2, -0.15) is 0 Å². The van der Waals surface area contributed by atoms with Crippen molar-refractivity contribution in [2.45, 2.75) is 42.1 Å². The molecule has 0 saturated heterocycles. The van der Waals surface area contributed by atoms with Crippen LogP contribution in [-0.2, 0) is 16.4 Å². The molecule has 0 spiro atoms. The van der Waals surface area contributed by atoms with Gasteiger partial charge >= 0.3 is 0 Å². The third kappa shape index (κ3) is 3.53. The molecule has 0 atom stereocenters. The van der Waals surface area contributed by atoms with Crippen molar-refractivity contribution in [2.24, 2.45) is 0 Å². The van der Waals surface area contributed by atoms with Crippen LogP contribution >= 0.6 is 0 Å². The first kappa shape index (κ1) is 18.6. The lowest BCUT2D eigenvalue weighted by atomic mass is 9.82.